The SMILES string of the molecule is CC(=O)SCCNC(=O)CCNC(=O)[C@@H]1OP(=O)(OCOC(=O)C2CCC(C(F)(F)F)CN2)OCC1(C)C. The summed E-state index contributed by atoms with van der Waals surface area (Å²) >= 11 is 1.08. The zero-order valence-corrected chi connectivity index (χ0v) is 23.0. The third kappa shape index (κ3) is 10.5. The van der Waals surface area contributed by atoms with Gasteiger partial charge in [0.2, 0.25) is 18.6 Å². The normalized spacial score (nSPS) is 27.3. The van der Waals surface area contributed by atoms with Gasteiger partial charge < -0.3 is 20.7 Å². The molecule has 0 aromatic heterocycles. The van der Waals surface area contributed by atoms with Crippen LogP contribution in [0.4, 0.5) is 13.2 Å². The number of esters is 1. The lowest BCUT2D eigenvalue weighted by Gasteiger charge is -2.39. The van der Waals surface area contributed by atoms with Crippen LogP contribution in [0.5, 0.6) is 0 Å². The maximum Gasteiger partial charge on any atom is 0.478 e. The molecule has 2 fully saturated rings. The Labute approximate surface area is 222 Å². The van der Waals surface area contributed by atoms with Crippen LogP contribution >= 0.6 is 19.6 Å². The molecule has 38 heavy (non-hydrogen) atoms. The van der Waals surface area contributed by atoms with Crippen molar-refractivity contribution in [3.05, 3.63) is 0 Å². The summed E-state index contributed by atoms with van der Waals surface area (Å²) in [6.07, 6.45) is -6.02. The highest BCUT2D eigenvalue weighted by molar-refractivity contribution is 8.13. The second-order valence-electron chi connectivity index (χ2n) is 9.41. The van der Waals surface area contributed by atoms with E-state index in [4.69, 9.17) is 18.3 Å². The van der Waals surface area contributed by atoms with Gasteiger partial charge in [-0.1, -0.05) is 25.6 Å². The first-order valence-electron chi connectivity index (χ1n) is 11.8. The first-order chi connectivity index (χ1) is 17.6. The topological polar surface area (TPSA) is 158 Å². The smallest absolute Gasteiger partial charge is 0.437 e. The van der Waals surface area contributed by atoms with Crippen LogP contribution in [0.25, 0.3) is 0 Å². The molecule has 2 aliphatic rings. The van der Waals surface area contributed by atoms with Crippen molar-refractivity contribution in [1.29, 1.82) is 0 Å². The Bertz CT molecular complexity index is 914. The number of hydrogen-bond acceptors (Lipinski definition) is 11. The van der Waals surface area contributed by atoms with Crippen molar-refractivity contribution in [2.24, 2.45) is 11.3 Å². The number of alkyl halides is 3. The molecule has 0 aromatic rings. The van der Waals surface area contributed by atoms with Crippen molar-refractivity contribution >= 4 is 42.5 Å². The van der Waals surface area contributed by atoms with Gasteiger partial charge in [-0.05, 0) is 12.8 Å². The number of piperidine rings is 1. The molecule has 2 amide bonds. The number of carbonyl (C=O) groups is 4. The number of rotatable bonds is 11. The Balaban J connectivity index is 1.76. The number of carbonyl (C=O) groups excluding carboxylic acids is 4. The molecule has 12 nitrogen and oxygen atoms in total. The molecule has 2 heterocycles. The Morgan fingerprint density at radius 1 is 1.16 bits per heavy atom. The highest BCUT2D eigenvalue weighted by atomic mass is 32.2. The van der Waals surface area contributed by atoms with E-state index in [0.29, 0.717) is 12.3 Å². The van der Waals surface area contributed by atoms with E-state index in [1.165, 1.54) is 6.92 Å². The van der Waals surface area contributed by atoms with Crippen molar-refractivity contribution in [3.8, 4) is 0 Å². The predicted octanol–water partition coefficient (Wildman–Crippen LogP) is 1.89. The summed E-state index contributed by atoms with van der Waals surface area (Å²) in [5.41, 5.74) is -0.925. The van der Waals surface area contributed by atoms with E-state index < -0.39 is 62.7 Å². The summed E-state index contributed by atoms with van der Waals surface area (Å²) in [5, 5.41) is 7.55. The number of halogens is 3. The molecule has 0 bridgehead atoms. The van der Waals surface area contributed by atoms with Crippen molar-refractivity contribution in [2.45, 2.75) is 58.4 Å². The van der Waals surface area contributed by atoms with E-state index in [9.17, 15) is 36.9 Å². The standard InChI is InChI=1S/C21H33F3N3O9PS/c1-13(28)38-9-8-25-16(29)6-7-26-18(30)17-20(2,3)11-34-37(32,36-17)35-12-33-19(31)15-5-4-14(10-27-15)21(22,23)24/h14-15,17,27H,4-12H2,1-3H3,(H,25,29)(H,26,30)/t14?,15?,17-,37?/m0/s1. The molecule has 0 spiro atoms. The molecular weight excluding hydrogens is 558 g/mol. The van der Waals surface area contributed by atoms with Gasteiger partial charge in [-0.15, -0.1) is 0 Å². The van der Waals surface area contributed by atoms with Crippen LogP contribution in [0.1, 0.15) is 40.0 Å². The number of phosphoric acid groups is 1. The second kappa shape index (κ2) is 14.1. The Morgan fingerprint density at radius 3 is 2.47 bits per heavy atom. The molecule has 3 unspecified atom stereocenters. The van der Waals surface area contributed by atoms with Crippen molar-refractivity contribution < 1.29 is 55.2 Å². The van der Waals surface area contributed by atoms with Gasteiger partial charge in [0.1, 0.15) is 6.04 Å². The Morgan fingerprint density at radius 2 is 1.87 bits per heavy atom. The molecule has 218 valence electrons. The average molecular weight is 592 g/mol. The van der Waals surface area contributed by atoms with E-state index in [1.807, 2.05) is 0 Å². The highest BCUT2D eigenvalue weighted by Gasteiger charge is 2.49. The number of amides is 2. The van der Waals surface area contributed by atoms with E-state index >= 15 is 0 Å². The molecule has 2 saturated heterocycles. The summed E-state index contributed by atoms with van der Waals surface area (Å²) in [7, 11) is -4.33. The predicted molar refractivity (Wildman–Crippen MR) is 129 cm³/mol. The molecule has 3 N–H and O–H groups in total. The molecule has 0 saturated carbocycles. The fourth-order valence-electron chi connectivity index (χ4n) is 3.55. The molecule has 17 heteroatoms. The van der Waals surface area contributed by atoms with Crippen LogP contribution < -0.4 is 16.0 Å². The lowest BCUT2D eigenvalue weighted by molar-refractivity contribution is -0.183. The Hall–Kier alpha value is -1.71. The van der Waals surface area contributed by atoms with E-state index in [-0.39, 0.29) is 43.4 Å². The zero-order valence-electron chi connectivity index (χ0n) is 21.3. The van der Waals surface area contributed by atoms with Crippen LogP contribution in [0.15, 0.2) is 0 Å². The summed E-state index contributed by atoms with van der Waals surface area (Å²) in [6.45, 7) is 3.44. The minimum atomic E-state index is -4.36. The number of thioether (sulfide) groups is 1. The van der Waals surface area contributed by atoms with Gasteiger partial charge in [-0.2, -0.15) is 13.2 Å². The maximum atomic E-state index is 12.9. The van der Waals surface area contributed by atoms with Crippen molar-refractivity contribution in [2.75, 3.05) is 38.8 Å². The van der Waals surface area contributed by atoms with E-state index in [0.717, 1.165) is 11.8 Å². The van der Waals surface area contributed by atoms with Crippen LogP contribution in [-0.2, 0) is 42.1 Å². The maximum absolute atomic E-state index is 12.9. The monoisotopic (exact) mass is 591 g/mol. The van der Waals surface area contributed by atoms with Crippen molar-refractivity contribution in [3.63, 3.8) is 0 Å². The first-order valence-corrected chi connectivity index (χ1v) is 14.3. The molecular formula is C21H33F3N3O9PS. The number of nitrogens with one attached hydrogen (secondary N) is 3. The first kappa shape index (κ1) is 32.5. The van der Waals surface area contributed by atoms with Crippen LogP contribution in [-0.4, -0.2) is 80.0 Å². The van der Waals surface area contributed by atoms with Gasteiger partial charge in [0, 0.05) is 44.1 Å². The van der Waals surface area contributed by atoms with E-state index in [1.54, 1.807) is 13.8 Å². The quantitative estimate of drug-likeness (QED) is 0.139. The van der Waals surface area contributed by atoms with Crippen LogP contribution in [0, 0.1) is 11.3 Å². The summed E-state index contributed by atoms with van der Waals surface area (Å²) in [4.78, 5) is 47.5. The molecule has 4 atom stereocenters. The molecule has 0 radical (unpaired) electrons. The second-order valence-corrected chi connectivity index (χ2v) is 12.3. The highest BCUT2D eigenvalue weighted by Crippen LogP contribution is 2.57. The summed E-state index contributed by atoms with van der Waals surface area (Å²) < 4.78 is 71.5. The number of hydrogen-bond donors (Lipinski definition) is 3. The third-order valence-electron chi connectivity index (χ3n) is 5.73. The lowest BCUT2D eigenvalue weighted by Crippen LogP contribution is -2.50. The van der Waals surface area contributed by atoms with E-state index in [2.05, 4.69) is 16.0 Å². The lowest BCUT2D eigenvalue weighted by atomic mass is 9.87. The van der Waals surface area contributed by atoms with Gasteiger partial charge in [0.05, 0.1) is 12.5 Å². The molecule has 0 aromatic carbocycles. The zero-order chi connectivity index (χ0) is 28.6. The summed E-state index contributed by atoms with van der Waals surface area (Å²) in [5.74, 6) is -3.01. The van der Waals surface area contributed by atoms with Crippen LogP contribution in [0.3, 0.4) is 0 Å². The van der Waals surface area contributed by atoms with Gasteiger partial charge in [0.15, 0.2) is 11.2 Å². The fraction of sp³-hybridized carbons (Fsp3) is 0.810. The average Bonchev–Trinajstić information content (AvgIpc) is 2.83. The van der Waals surface area contributed by atoms with Gasteiger partial charge in [-0.25, -0.2) is 9.09 Å². The molecule has 0 aliphatic carbocycles. The van der Waals surface area contributed by atoms with Gasteiger partial charge >= 0.3 is 20.0 Å². The largest absolute Gasteiger partial charge is 0.478 e. The number of ether oxygens (including phenoxy) is 1. The van der Waals surface area contributed by atoms with Gasteiger partial charge in [-0.3, -0.25) is 28.2 Å². The summed E-state index contributed by atoms with van der Waals surface area (Å²) in [6, 6.07) is -0.978. The number of phosphoric ester groups is 1. The molecule has 2 rings (SSSR count). The van der Waals surface area contributed by atoms with Crippen LogP contribution in [0.2, 0.25) is 0 Å². The third-order valence-corrected chi connectivity index (χ3v) is 7.88. The van der Waals surface area contributed by atoms with Crippen molar-refractivity contribution in [1.82, 2.24) is 16.0 Å². The van der Waals surface area contributed by atoms with Gasteiger partial charge in [0.25, 0.3) is 0 Å². The Kier molecular flexibility index (Phi) is 12.0. The molecule has 2 aliphatic heterocycles. The minimum absolute atomic E-state index is 0.0341. The fourth-order valence-corrected chi connectivity index (χ4v) is 5.55. The minimum Gasteiger partial charge on any atom is -0.437 e.